The molecule has 24 heavy (non-hydrogen) atoms. The van der Waals surface area contributed by atoms with E-state index >= 15 is 0 Å². The standard InChI is InChI=1S/C19H16O5/c20-13-22-12-18(21)16-8-15-9-17(6-7-19(15)24-11-16)23-10-14-4-2-1-3-5-14/h1-9,13H,10-12H2. The molecule has 0 spiro atoms. The van der Waals surface area contributed by atoms with Gasteiger partial charge >= 0.3 is 0 Å². The van der Waals surface area contributed by atoms with E-state index < -0.39 is 0 Å². The fourth-order valence-corrected chi connectivity index (χ4v) is 2.35. The number of benzene rings is 2. The Hall–Kier alpha value is -3.08. The molecule has 1 aliphatic heterocycles. The number of ketones is 1. The summed E-state index contributed by atoms with van der Waals surface area (Å²) in [5.41, 5.74) is 2.30. The van der Waals surface area contributed by atoms with Gasteiger partial charge in [-0.25, -0.2) is 0 Å². The van der Waals surface area contributed by atoms with Gasteiger partial charge in [0.15, 0.2) is 12.4 Å². The molecule has 0 radical (unpaired) electrons. The largest absolute Gasteiger partial charge is 0.489 e. The highest BCUT2D eigenvalue weighted by Gasteiger charge is 2.18. The highest BCUT2D eigenvalue weighted by Crippen LogP contribution is 2.30. The number of rotatable bonds is 7. The number of fused-ring (bicyclic) bond motifs is 1. The lowest BCUT2D eigenvalue weighted by atomic mass is 10.0. The molecule has 2 aromatic carbocycles. The van der Waals surface area contributed by atoms with Gasteiger partial charge in [-0.1, -0.05) is 30.3 Å². The molecule has 5 nitrogen and oxygen atoms in total. The van der Waals surface area contributed by atoms with Crippen LogP contribution in [0.3, 0.4) is 0 Å². The van der Waals surface area contributed by atoms with Crippen molar-refractivity contribution >= 4 is 18.3 Å². The van der Waals surface area contributed by atoms with Crippen LogP contribution in [0.25, 0.3) is 6.08 Å². The number of carbonyl (C=O) groups is 2. The second-order valence-electron chi connectivity index (χ2n) is 5.26. The summed E-state index contributed by atoms with van der Waals surface area (Å²) in [6.45, 7) is 0.602. The molecule has 0 saturated heterocycles. The average molecular weight is 324 g/mol. The summed E-state index contributed by atoms with van der Waals surface area (Å²) in [6, 6.07) is 15.3. The normalized spacial score (nSPS) is 12.4. The third-order valence-corrected chi connectivity index (χ3v) is 3.58. The van der Waals surface area contributed by atoms with Crippen LogP contribution in [-0.4, -0.2) is 25.5 Å². The van der Waals surface area contributed by atoms with Crippen molar-refractivity contribution in [2.75, 3.05) is 13.2 Å². The molecular weight excluding hydrogens is 308 g/mol. The van der Waals surface area contributed by atoms with Gasteiger partial charge < -0.3 is 14.2 Å². The molecule has 0 atom stereocenters. The van der Waals surface area contributed by atoms with Gasteiger partial charge in [-0.15, -0.1) is 0 Å². The van der Waals surface area contributed by atoms with E-state index in [1.807, 2.05) is 48.5 Å². The Kier molecular flexibility index (Phi) is 4.91. The number of carbonyl (C=O) groups excluding carboxylic acids is 2. The molecule has 1 heterocycles. The molecule has 122 valence electrons. The van der Waals surface area contributed by atoms with Crippen molar-refractivity contribution in [1.29, 1.82) is 0 Å². The van der Waals surface area contributed by atoms with Crippen LogP contribution in [0.15, 0.2) is 54.1 Å². The highest BCUT2D eigenvalue weighted by atomic mass is 16.5. The Morgan fingerprint density at radius 2 is 2.00 bits per heavy atom. The van der Waals surface area contributed by atoms with Crippen LogP contribution in [0, 0.1) is 0 Å². The van der Waals surface area contributed by atoms with Crippen LogP contribution in [0.4, 0.5) is 0 Å². The maximum absolute atomic E-state index is 11.9. The maximum Gasteiger partial charge on any atom is 0.293 e. The van der Waals surface area contributed by atoms with Crippen molar-refractivity contribution in [3.05, 3.63) is 65.2 Å². The van der Waals surface area contributed by atoms with Gasteiger partial charge in [-0.3, -0.25) is 9.59 Å². The zero-order valence-electron chi connectivity index (χ0n) is 12.9. The van der Waals surface area contributed by atoms with Gasteiger partial charge in [0.25, 0.3) is 6.47 Å². The lowest BCUT2D eigenvalue weighted by molar-refractivity contribution is -0.134. The van der Waals surface area contributed by atoms with Crippen molar-refractivity contribution < 1.29 is 23.8 Å². The van der Waals surface area contributed by atoms with Crippen molar-refractivity contribution in [3.8, 4) is 11.5 Å². The zero-order chi connectivity index (χ0) is 16.8. The third kappa shape index (κ3) is 3.81. The lowest BCUT2D eigenvalue weighted by Gasteiger charge is -2.18. The summed E-state index contributed by atoms with van der Waals surface area (Å²) in [5.74, 6) is 1.11. The quantitative estimate of drug-likeness (QED) is 0.733. The van der Waals surface area contributed by atoms with E-state index in [-0.39, 0.29) is 25.5 Å². The summed E-state index contributed by atoms with van der Waals surface area (Å²) in [6.07, 6.45) is 1.74. The van der Waals surface area contributed by atoms with E-state index in [0.29, 0.717) is 23.7 Å². The smallest absolute Gasteiger partial charge is 0.293 e. The molecule has 2 aromatic rings. The summed E-state index contributed by atoms with van der Waals surface area (Å²) < 4.78 is 15.8. The van der Waals surface area contributed by atoms with E-state index in [2.05, 4.69) is 4.74 Å². The first-order chi connectivity index (χ1) is 11.8. The SMILES string of the molecule is O=COCC(=O)C1=Cc2cc(OCc3ccccc3)ccc2OC1. The van der Waals surface area contributed by atoms with Crippen LogP contribution < -0.4 is 9.47 Å². The Balaban J connectivity index is 1.72. The molecule has 3 rings (SSSR count). The van der Waals surface area contributed by atoms with Crippen LogP contribution in [0.5, 0.6) is 11.5 Å². The third-order valence-electron chi connectivity index (χ3n) is 3.58. The number of hydrogen-bond donors (Lipinski definition) is 0. The van der Waals surface area contributed by atoms with E-state index in [1.165, 1.54) is 0 Å². The Morgan fingerprint density at radius 1 is 1.17 bits per heavy atom. The molecule has 5 heteroatoms. The summed E-state index contributed by atoms with van der Waals surface area (Å²) in [7, 11) is 0. The Bertz CT molecular complexity index is 765. The molecule has 0 fully saturated rings. The van der Waals surface area contributed by atoms with Crippen LogP contribution in [-0.2, 0) is 20.9 Å². The summed E-state index contributed by atoms with van der Waals surface area (Å²) >= 11 is 0. The van der Waals surface area contributed by atoms with E-state index in [9.17, 15) is 9.59 Å². The average Bonchev–Trinajstić information content (AvgIpc) is 2.64. The molecule has 0 aliphatic carbocycles. The minimum absolute atomic E-state index is 0.165. The molecule has 0 unspecified atom stereocenters. The lowest BCUT2D eigenvalue weighted by Crippen LogP contribution is -2.18. The topological polar surface area (TPSA) is 61.8 Å². The second kappa shape index (κ2) is 7.46. The van der Waals surface area contributed by atoms with E-state index in [4.69, 9.17) is 9.47 Å². The second-order valence-corrected chi connectivity index (χ2v) is 5.26. The predicted molar refractivity (Wildman–Crippen MR) is 87.7 cm³/mol. The summed E-state index contributed by atoms with van der Waals surface area (Å²) in [4.78, 5) is 22.1. The first-order valence-electron chi connectivity index (χ1n) is 7.49. The van der Waals surface area contributed by atoms with Crippen LogP contribution in [0.1, 0.15) is 11.1 Å². The van der Waals surface area contributed by atoms with Crippen molar-refractivity contribution in [2.45, 2.75) is 6.61 Å². The summed E-state index contributed by atoms with van der Waals surface area (Å²) in [5, 5.41) is 0. The van der Waals surface area contributed by atoms with Gasteiger partial charge in [0.1, 0.15) is 24.7 Å². The number of Topliss-reactive ketones (excluding diaryl/α,β-unsaturated/α-hetero) is 1. The van der Waals surface area contributed by atoms with E-state index in [1.54, 1.807) is 6.08 Å². The molecule has 0 bridgehead atoms. The highest BCUT2D eigenvalue weighted by molar-refractivity contribution is 6.01. The predicted octanol–water partition coefficient (Wildman–Crippen LogP) is 2.78. The first-order valence-corrected chi connectivity index (χ1v) is 7.49. The molecule has 0 amide bonds. The van der Waals surface area contributed by atoms with Crippen molar-refractivity contribution in [3.63, 3.8) is 0 Å². The van der Waals surface area contributed by atoms with Gasteiger partial charge in [-0.2, -0.15) is 0 Å². The Labute approximate surface area is 139 Å². The maximum atomic E-state index is 11.9. The van der Waals surface area contributed by atoms with Crippen LogP contribution >= 0.6 is 0 Å². The Morgan fingerprint density at radius 3 is 2.79 bits per heavy atom. The van der Waals surface area contributed by atoms with E-state index in [0.717, 1.165) is 11.1 Å². The van der Waals surface area contributed by atoms with Gasteiger partial charge in [0.2, 0.25) is 0 Å². The minimum Gasteiger partial charge on any atom is -0.489 e. The molecular formula is C19H16O5. The molecule has 0 aromatic heterocycles. The zero-order valence-corrected chi connectivity index (χ0v) is 12.9. The van der Waals surface area contributed by atoms with Gasteiger partial charge in [0.05, 0.1) is 0 Å². The fourth-order valence-electron chi connectivity index (χ4n) is 2.35. The molecule has 0 N–H and O–H groups in total. The molecule has 0 saturated carbocycles. The van der Waals surface area contributed by atoms with Gasteiger partial charge in [0, 0.05) is 11.1 Å². The first kappa shape index (κ1) is 15.8. The van der Waals surface area contributed by atoms with Gasteiger partial charge in [-0.05, 0) is 29.8 Å². The van der Waals surface area contributed by atoms with Crippen molar-refractivity contribution in [2.24, 2.45) is 0 Å². The number of hydrogen-bond acceptors (Lipinski definition) is 5. The molecule has 1 aliphatic rings. The van der Waals surface area contributed by atoms with Crippen molar-refractivity contribution in [1.82, 2.24) is 0 Å². The van der Waals surface area contributed by atoms with Crippen LogP contribution in [0.2, 0.25) is 0 Å². The minimum atomic E-state index is -0.280. The fraction of sp³-hybridized carbons (Fsp3) is 0.158. The monoisotopic (exact) mass is 324 g/mol. The number of ether oxygens (including phenoxy) is 3.